The van der Waals surface area contributed by atoms with E-state index < -0.39 is 0 Å². The Morgan fingerprint density at radius 2 is 1.70 bits per heavy atom. The first-order chi connectivity index (χ1) is 14.5. The van der Waals surface area contributed by atoms with Crippen molar-refractivity contribution in [1.29, 1.82) is 0 Å². The number of anilines is 1. The highest BCUT2D eigenvalue weighted by Gasteiger charge is 2.20. The Morgan fingerprint density at radius 1 is 1.00 bits per heavy atom. The molecule has 0 atom stereocenters. The standard InChI is InChI=1S/C25H25N3O2/c1-17-11-21-15-28(16-22(21)12-18(17)2)23-9-6-8-19(13-23)25(29)27-26-14-20-7-4-5-10-24(20)30-3/h4-14H,15-16H2,1-3H3,(H,27,29)/b26-14-. The fraction of sp³-hybridized carbons (Fsp3) is 0.200. The van der Waals surface area contributed by atoms with Crippen molar-refractivity contribution in [2.24, 2.45) is 5.10 Å². The molecule has 3 aromatic rings. The second-order valence-electron chi connectivity index (χ2n) is 7.55. The third kappa shape index (κ3) is 4.06. The second-order valence-corrected chi connectivity index (χ2v) is 7.55. The lowest BCUT2D eigenvalue weighted by Crippen LogP contribution is -2.19. The van der Waals surface area contributed by atoms with Crippen molar-refractivity contribution in [1.82, 2.24) is 5.43 Å². The van der Waals surface area contributed by atoms with Gasteiger partial charge in [-0.1, -0.05) is 30.3 Å². The summed E-state index contributed by atoms with van der Waals surface area (Å²) in [5, 5.41) is 4.09. The van der Waals surface area contributed by atoms with Crippen LogP contribution >= 0.6 is 0 Å². The van der Waals surface area contributed by atoms with Gasteiger partial charge in [-0.25, -0.2) is 5.43 Å². The van der Waals surface area contributed by atoms with Gasteiger partial charge in [-0.05, 0) is 66.4 Å². The van der Waals surface area contributed by atoms with E-state index >= 15 is 0 Å². The van der Waals surface area contributed by atoms with E-state index in [0.717, 1.165) is 24.3 Å². The lowest BCUT2D eigenvalue weighted by molar-refractivity contribution is 0.0955. The number of aryl methyl sites for hydroxylation is 2. The summed E-state index contributed by atoms with van der Waals surface area (Å²) < 4.78 is 5.29. The molecule has 0 bridgehead atoms. The van der Waals surface area contributed by atoms with Crippen LogP contribution in [0.2, 0.25) is 0 Å². The normalized spacial score (nSPS) is 12.8. The number of ether oxygens (including phenoxy) is 1. The van der Waals surface area contributed by atoms with Crippen LogP contribution in [-0.4, -0.2) is 19.2 Å². The lowest BCUT2D eigenvalue weighted by atomic mass is 10.0. The SMILES string of the molecule is COc1ccccc1/C=N\NC(=O)c1cccc(N2Cc3cc(C)c(C)cc3C2)c1. The van der Waals surface area contributed by atoms with Crippen LogP contribution in [0.15, 0.2) is 65.8 Å². The average molecular weight is 399 g/mol. The number of hydrogen-bond donors (Lipinski definition) is 1. The Bertz CT molecular complexity index is 1090. The van der Waals surface area contributed by atoms with Gasteiger partial charge in [0.1, 0.15) is 5.75 Å². The predicted molar refractivity (Wildman–Crippen MR) is 120 cm³/mol. The molecule has 152 valence electrons. The molecule has 5 nitrogen and oxygen atoms in total. The van der Waals surface area contributed by atoms with E-state index in [1.165, 1.54) is 22.3 Å². The summed E-state index contributed by atoms with van der Waals surface area (Å²) >= 11 is 0. The summed E-state index contributed by atoms with van der Waals surface area (Å²) in [6, 6.07) is 19.7. The number of nitrogens with one attached hydrogen (secondary N) is 1. The zero-order valence-electron chi connectivity index (χ0n) is 17.5. The van der Waals surface area contributed by atoms with Gasteiger partial charge in [0.15, 0.2) is 0 Å². The van der Waals surface area contributed by atoms with Gasteiger partial charge in [-0.2, -0.15) is 5.10 Å². The summed E-state index contributed by atoms with van der Waals surface area (Å²) in [6.45, 7) is 6.00. The zero-order valence-corrected chi connectivity index (χ0v) is 17.5. The van der Waals surface area contributed by atoms with E-state index in [4.69, 9.17) is 4.74 Å². The fourth-order valence-electron chi connectivity index (χ4n) is 3.72. The molecule has 1 amide bonds. The highest BCUT2D eigenvalue weighted by Crippen LogP contribution is 2.30. The van der Waals surface area contributed by atoms with Crippen molar-refractivity contribution in [2.45, 2.75) is 26.9 Å². The van der Waals surface area contributed by atoms with Crippen LogP contribution in [0.1, 0.15) is 38.2 Å². The van der Waals surface area contributed by atoms with Crippen molar-refractivity contribution in [3.05, 3.63) is 94.0 Å². The number of carbonyl (C=O) groups is 1. The molecule has 1 heterocycles. The number of rotatable bonds is 5. The minimum absolute atomic E-state index is 0.244. The van der Waals surface area contributed by atoms with Crippen molar-refractivity contribution < 1.29 is 9.53 Å². The quantitative estimate of drug-likeness (QED) is 0.504. The molecular weight excluding hydrogens is 374 g/mol. The number of hydrazone groups is 1. The number of benzene rings is 3. The van der Waals surface area contributed by atoms with Crippen LogP contribution in [0.25, 0.3) is 0 Å². The second kappa shape index (κ2) is 8.41. The molecule has 0 saturated carbocycles. The van der Waals surface area contributed by atoms with E-state index in [-0.39, 0.29) is 5.91 Å². The molecule has 1 aliphatic heterocycles. The Morgan fingerprint density at radius 3 is 2.40 bits per heavy atom. The average Bonchev–Trinajstić information content (AvgIpc) is 3.17. The third-order valence-corrected chi connectivity index (χ3v) is 5.52. The highest BCUT2D eigenvalue weighted by molar-refractivity contribution is 5.96. The first-order valence-corrected chi connectivity index (χ1v) is 9.95. The van der Waals surface area contributed by atoms with Crippen LogP contribution in [0.3, 0.4) is 0 Å². The summed E-state index contributed by atoms with van der Waals surface area (Å²) in [7, 11) is 1.61. The predicted octanol–water partition coefficient (Wildman–Crippen LogP) is 4.60. The smallest absolute Gasteiger partial charge is 0.271 e. The molecule has 0 radical (unpaired) electrons. The molecular formula is C25H25N3O2. The van der Waals surface area contributed by atoms with E-state index in [9.17, 15) is 4.79 Å². The molecule has 0 unspecified atom stereocenters. The molecule has 0 saturated heterocycles. The van der Waals surface area contributed by atoms with Gasteiger partial charge in [0.05, 0.1) is 13.3 Å². The lowest BCUT2D eigenvalue weighted by Gasteiger charge is -2.18. The number of carbonyl (C=O) groups excluding carboxylic acids is 1. The molecule has 1 N–H and O–H groups in total. The van der Waals surface area contributed by atoms with Crippen LogP contribution in [0, 0.1) is 13.8 Å². The van der Waals surface area contributed by atoms with E-state index in [1.54, 1.807) is 19.4 Å². The van der Waals surface area contributed by atoms with Crippen LogP contribution < -0.4 is 15.1 Å². The zero-order chi connectivity index (χ0) is 21.1. The topological polar surface area (TPSA) is 53.9 Å². The Balaban J connectivity index is 1.46. The maximum absolute atomic E-state index is 12.6. The maximum atomic E-state index is 12.6. The minimum Gasteiger partial charge on any atom is -0.496 e. The van der Waals surface area contributed by atoms with Gasteiger partial charge in [0, 0.05) is 29.9 Å². The minimum atomic E-state index is -0.244. The van der Waals surface area contributed by atoms with Crippen LogP contribution in [0.4, 0.5) is 5.69 Å². The number of fused-ring (bicyclic) bond motifs is 1. The molecule has 30 heavy (non-hydrogen) atoms. The van der Waals surface area contributed by atoms with Gasteiger partial charge in [0.25, 0.3) is 5.91 Å². The van der Waals surface area contributed by atoms with Gasteiger partial charge in [-0.3, -0.25) is 4.79 Å². The number of hydrogen-bond acceptors (Lipinski definition) is 4. The highest BCUT2D eigenvalue weighted by atomic mass is 16.5. The molecule has 1 aliphatic rings. The summed E-state index contributed by atoms with van der Waals surface area (Å²) in [5.41, 5.74) is 10.4. The van der Waals surface area contributed by atoms with Gasteiger partial charge in [-0.15, -0.1) is 0 Å². The molecule has 3 aromatic carbocycles. The van der Waals surface area contributed by atoms with Crippen LogP contribution in [-0.2, 0) is 13.1 Å². The van der Waals surface area contributed by atoms with E-state index in [1.807, 2.05) is 42.5 Å². The van der Waals surface area contributed by atoms with Crippen molar-refractivity contribution >= 4 is 17.8 Å². The van der Waals surface area contributed by atoms with E-state index in [0.29, 0.717) is 11.3 Å². The summed E-state index contributed by atoms with van der Waals surface area (Å²) in [4.78, 5) is 14.9. The summed E-state index contributed by atoms with van der Waals surface area (Å²) in [6.07, 6.45) is 1.59. The van der Waals surface area contributed by atoms with Crippen LogP contribution in [0.5, 0.6) is 5.75 Å². The Labute approximate surface area is 177 Å². The number of para-hydroxylation sites is 1. The van der Waals surface area contributed by atoms with Crippen molar-refractivity contribution in [3.63, 3.8) is 0 Å². The monoisotopic (exact) mass is 399 g/mol. The van der Waals surface area contributed by atoms with Gasteiger partial charge >= 0.3 is 0 Å². The Hall–Kier alpha value is -3.60. The molecule has 0 fully saturated rings. The molecule has 5 heteroatoms. The third-order valence-electron chi connectivity index (χ3n) is 5.52. The number of methoxy groups -OCH3 is 1. The Kier molecular flexibility index (Phi) is 5.53. The number of amides is 1. The fourth-order valence-corrected chi connectivity index (χ4v) is 3.72. The molecule has 0 spiro atoms. The van der Waals surface area contributed by atoms with Crippen molar-refractivity contribution in [2.75, 3.05) is 12.0 Å². The molecule has 0 aliphatic carbocycles. The first kappa shape index (κ1) is 19.7. The molecule has 4 rings (SSSR count). The largest absolute Gasteiger partial charge is 0.496 e. The van der Waals surface area contributed by atoms with E-state index in [2.05, 4.69) is 41.4 Å². The van der Waals surface area contributed by atoms with Crippen molar-refractivity contribution in [3.8, 4) is 5.75 Å². The molecule has 0 aromatic heterocycles. The maximum Gasteiger partial charge on any atom is 0.271 e. The summed E-state index contributed by atoms with van der Waals surface area (Å²) in [5.74, 6) is 0.461. The van der Waals surface area contributed by atoms with Gasteiger partial charge < -0.3 is 9.64 Å². The first-order valence-electron chi connectivity index (χ1n) is 9.95. The number of nitrogens with zero attached hydrogens (tertiary/aromatic N) is 2. The van der Waals surface area contributed by atoms with Gasteiger partial charge in [0.2, 0.25) is 0 Å².